The summed E-state index contributed by atoms with van der Waals surface area (Å²) in [6.07, 6.45) is 8.11. The lowest BCUT2D eigenvalue weighted by Gasteiger charge is -2.37. The average molecular weight is 343 g/mol. The van der Waals surface area contributed by atoms with Crippen LogP contribution in [0.3, 0.4) is 0 Å². The number of hydrogen-bond donors (Lipinski definition) is 0. The van der Waals surface area contributed by atoms with Gasteiger partial charge < -0.3 is 9.64 Å². The van der Waals surface area contributed by atoms with Gasteiger partial charge in [-0.05, 0) is 24.5 Å². The van der Waals surface area contributed by atoms with Crippen LogP contribution in [0.5, 0.6) is 0 Å². The third-order valence-corrected chi connectivity index (χ3v) is 5.06. The number of nitrogens with zero attached hydrogens (tertiary/aromatic N) is 5. The maximum absolute atomic E-state index is 13.2. The number of halogens is 1. The maximum Gasteiger partial charge on any atom is 0.225 e. The summed E-state index contributed by atoms with van der Waals surface area (Å²) < 4.78 is 18.7. The predicted octanol–water partition coefficient (Wildman–Crippen LogP) is 1.53. The molecular formula is C18H22FN5O. The Morgan fingerprint density at radius 1 is 1.12 bits per heavy atom. The van der Waals surface area contributed by atoms with Gasteiger partial charge in [0.25, 0.3) is 0 Å². The standard InChI is InChI=1S/C18H22FN5O/c19-15-12-21-18(22-13-15)24-5-3-16(23-6-8-25-9-7-23)17(24)10-14-2-1-4-20-11-14/h1-2,4,11-13,16-17H,3,5-10H2/t16-,17+/m1/s1. The Morgan fingerprint density at radius 2 is 1.92 bits per heavy atom. The second kappa shape index (κ2) is 7.41. The summed E-state index contributed by atoms with van der Waals surface area (Å²) in [5.74, 6) is 0.197. The van der Waals surface area contributed by atoms with Gasteiger partial charge in [-0.25, -0.2) is 14.4 Å². The van der Waals surface area contributed by atoms with Gasteiger partial charge in [0.05, 0.1) is 31.6 Å². The van der Waals surface area contributed by atoms with Crippen molar-refractivity contribution in [3.05, 3.63) is 48.3 Å². The van der Waals surface area contributed by atoms with Crippen molar-refractivity contribution >= 4 is 5.95 Å². The van der Waals surface area contributed by atoms with Crippen LogP contribution in [0.2, 0.25) is 0 Å². The van der Waals surface area contributed by atoms with Crippen LogP contribution in [0, 0.1) is 5.82 Å². The second-order valence-corrected chi connectivity index (χ2v) is 6.53. The first-order chi connectivity index (χ1) is 12.3. The molecule has 2 aromatic rings. The van der Waals surface area contributed by atoms with E-state index in [-0.39, 0.29) is 6.04 Å². The van der Waals surface area contributed by atoms with Gasteiger partial charge in [0.15, 0.2) is 5.82 Å². The number of rotatable bonds is 4. The van der Waals surface area contributed by atoms with Crippen LogP contribution < -0.4 is 4.90 Å². The summed E-state index contributed by atoms with van der Waals surface area (Å²) in [4.78, 5) is 17.4. The molecule has 0 spiro atoms. The molecule has 25 heavy (non-hydrogen) atoms. The van der Waals surface area contributed by atoms with E-state index in [4.69, 9.17) is 4.74 Å². The molecule has 2 aromatic heterocycles. The first-order valence-electron chi connectivity index (χ1n) is 8.76. The highest BCUT2D eigenvalue weighted by atomic mass is 19.1. The molecule has 2 aliphatic heterocycles. The molecule has 0 N–H and O–H groups in total. The molecule has 132 valence electrons. The van der Waals surface area contributed by atoms with E-state index in [1.54, 1.807) is 6.20 Å². The van der Waals surface area contributed by atoms with Gasteiger partial charge in [-0.3, -0.25) is 9.88 Å². The first kappa shape index (κ1) is 16.4. The van der Waals surface area contributed by atoms with Crippen molar-refractivity contribution < 1.29 is 9.13 Å². The smallest absolute Gasteiger partial charge is 0.225 e. The van der Waals surface area contributed by atoms with E-state index in [0.717, 1.165) is 45.7 Å². The van der Waals surface area contributed by atoms with Crippen molar-refractivity contribution in [2.24, 2.45) is 0 Å². The van der Waals surface area contributed by atoms with Crippen molar-refractivity contribution in [1.82, 2.24) is 19.9 Å². The van der Waals surface area contributed by atoms with Crippen LogP contribution in [0.25, 0.3) is 0 Å². The van der Waals surface area contributed by atoms with Crippen molar-refractivity contribution in [1.29, 1.82) is 0 Å². The minimum absolute atomic E-state index is 0.243. The van der Waals surface area contributed by atoms with E-state index in [0.29, 0.717) is 12.0 Å². The average Bonchev–Trinajstić information content (AvgIpc) is 3.07. The molecule has 4 heterocycles. The zero-order chi connectivity index (χ0) is 17.1. The number of hydrogen-bond acceptors (Lipinski definition) is 6. The summed E-state index contributed by atoms with van der Waals surface area (Å²) in [5.41, 5.74) is 1.19. The predicted molar refractivity (Wildman–Crippen MR) is 91.9 cm³/mol. The molecule has 0 bridgehead atoms. The van der Waals surface area contributed by atoms with E-state index in [1.165, 1.54) is 18.0 Å². The summed E-state index contributed by atoms with van der Waals surface area (Å²) >= 11 is 0. The summed E-state index contributed by atoms with van der Waals surface area (Å²) in [6.45, 7) is 4.34. The molecule has 2 saturated heterocycles. The monoisotopic (exact) mass is 343 g/mol. The number of morpholine rings is 1. The third kappa shape index (κ3) is 3.62. The molecule has 7 heteroatoms. The second-order valence-electron chi connectivity index (χ2n) is 6.53. The zero-order valence-electron chi connectivity index (χ0n) is 14.1. The Morgan fingerprint density at radius 3 is 2.64 bits per heavy atom. The quantitative estimate of drug-likeness (QED) is 0.839. The number of pyridine rings is 1. The fourth-order valence-electron chi connectivity index (χ4n) is 3.88. The Hall–Kier alpha value is -2.12. The fraction of sp³-hybridized carbons (Fsp3) is 0.500. The molecule has 0 aliphatic carbocycles. The molecule has 4 rings (SSSR count). The molecule has 2 aliphatic rings. The summed E-state index contributed by atoms with van der Waals surface area (Å²) in [6, 6.07) is 4.73. The number of anilines is 1. The molecule has 2 atom stereocenters. The van der Waals surface area contributed by atoms with Crippen LogP contribution in [0.15, 0.2) is 36.9 Å². The first-order valence-corrected chi connectivity index (χ1v) is 8.76. The summed E-state index contributed by atoms with van der Waals surface area (Å²) in [7, 11) is 0. The lowest BCUT2D eigenvalue weighted by molar-refractivity contribution is 0.0148. The van der Waals surface area contributed by atoms with Crippen molar-refractivity contribution in [2.45, 2.75) is 24.9 Å². The van der Waals surface area contributed by atoms with E-state index < -0.39 is 5.82 Å². The lowest BCUT2D eigenvalue weighted by atomic mass is 9.99. The van der Waals surface area contributed by atoms with Crippen LogP contribution >= 0.6 is 0 Å². The Balaban J connectivity index is 1.60. The van der Waals surface area contributed by atoms with Crippen LogP contribution in [-0.4, -0.2) is 64.8 Å². The molecule has 0 radical (unpaired) electrons. The van der Waals surface area contributed by atoms with Crippen LogP contribution in [0.4, 0.5) is 10.3 Å². The van der Waals surface area contributed by atoms with E-state index in [9.17, 15) is 4.39 Å². The number of ether oxygens (including phenoxy) is 1. The van der Waals surface area contributed by atoms with Crippen molar-refractivity contribution in [2.75, 3.05) is 37.7 Å². The van der Waals surface area contributed by atoms with Crippen molar-refractivity contribution in [3.8, 4) is 0 Å². The molecule has 2 fully saturated rings. The van der Waals surface area contributed by atoms with E-state index in [1.807, 2.05) is 12.3 Å². The zero-order valence-corrected chi connectivity index (χ0v) is 14.1. The van der Waals surface area contributed by atoms with Crippen LogP contribution in [-0.2, 0) is 11.2 Å². The minimum Gasteiger partial charge on any atom is -0.379 e. The Kier molecular flexibility index (Phi) is 4.85. The van der Waals surface area contributed by atoms with E-state index in [2.05, 4.69) is 30.8 Å². The molecule has 0 unspecified atom stereocenters. The highest BCUT2D eigenvalue weighted by molar-refractivity contribution is 5.36. The molecule has 0 saturated carbocycles. The highest BCUT2D eigenvalue weighted by Gasteiger charge is 2.39. The fourth-order valence-corrected chi connectivity index (χ4v) is 3.88. The third-order valence-electron chi connectivity index (χ3n) is 5.06. The van der Waals surface area contributed by atoms with Gasteiger partial charge in [0, 0.05) is 38.1 Å². The maximum atomic E-state index is 13.2. The normalized spacial score (nSPS) is 24.6. The molecule has 0 aromatic carbocycles. The van der Waals surface area contributed by atoms with Gasteiger partial charge >= 0.3 is 0 Å². The largest absolute Gasteiger partial charge is 0.379 e. The highest BCUT2D eigenvalue weighted by Crippen LogP contribution is 2.29. The Labute approximate surface area is 146 Å². The van der Waals surface area contributed by atoms with E-state index >= 15 is 0 Å². The minimum atomic E-state index is -0.406. The number of aromatic nitrogens is 3. The van der Waals surface area contributed by atoms with Crippen LogP contribution in [0.1, 0.15) is 12.0 Å². The van der Waals surface area contributed by atoms with Gasteiger partial charge in [-0.15, -0.1) is 0 Å². The lowest BCUT2D eigenvalue weighted by Crippen LogP contribution is -2.50. The SMILES string of the molecule is Fc1cnc(N2CC[C@@H](N3CCOCC3)[C@@H]2Cc2cccnc2)nc1. The Bertz CT molecular complexity index is 678. The van der Waals surface area contributed by atoms with Gasteiger partial charge in [-0.2, -0.15) is 0 Å². The van der Waals surface area contributed by atoms with Gasteiger partial charge in [0.2, 0.25) is 5.95 Å². The van der Waals surface area contributed by atoms with Gasteiger partial charge in [0.1, 0.15) is 0 Å². The topological polar surface area (TPSA) is 54.4 Å². The summed E-state index contributed by atoms with van der Waals surface area (Å²) in [5, 5.41) is 0. The molecular weight excluding hydrogens is 321 g/mol. The van der Waals surface area contributed by atoms with Gasteiger partial charge in [-0.1, -0.05) is 6.07 Å². The molecule has 6 nitrogen and oxygen atoms in total. The molecule has 0 amide bonds. The van der Waals surface area contributed by atoms with Crippen molar-refractivity contribution in [3.63, 3.8) is 0 Å².